The van der Waals surface area contributed by atoms with E-state index in [-0.39, 0.29) is 12.5 Å². The monoisotopic (exact) mass is 429 g/mol. The molecule has 1 aromatic carbocycles. The molecule has 31 heavy (non-hydrogen) atoms. The fourth-order valence-electron chi connectivity index (χ4n) is 3.31. The number of rotatable bonds is 9. The number of hydrogen-bond acceptors (Lipinski definition) is 8. The molecule has 1 atom stereocenters. The number of fused-ring (bicyclic) bond motifs is 1. The van der Waals surface area contributed by atoms with Crippen LogP contribution in [0.3, 0.4) is 0 Å². The van der Waals surface area contributed by atoms with Crippen molar-refractivity contribution < 1.29 is 0 Å². The Morgan fingerprint density at radius 3 is 2.65 bits per heavy atom. The van der Waals surface area contributed by atoms with E-state index in [0.29, 0.717) is 23.9 Å². The Labute approximate surface area is 184 Å². The van der Waals surface area contributed by atoms with E-state index in [4.69, 9.17) is 26.5 Å². The molecule has 4 rings (SSSR count). The van der Waals surface area contributed by atoms with E-state index >= 15 is 0 Å². The van der Waals surface area contributed by atoms with Gasteiger partial charge in [-0.3, -0.25) is 4.98 Å². The molecule has 8 heteroatoms. The van der Waals surface area contributed by atoms with Gasteiger partial charge in [0.25, 0.3) is 0 Å². The van der Waals surface area contributed by atoms with Crippen molar-refractivity contribution in [3.63, 3.8) is 0 Å². The van der Waals surface area contributed by atoms with Crippen molar-refractivity contribution in [2.45, 2.75) is 18.9 Å². The Kier molecular flexibility index (Phi) is 6.40. The summed E-state index contributed by atoms with van der Waals surface area (Å²) in [6.07, 6.45) is 5.68. The van der Waals surface area contributed by atoms with Crippen LogP contribution in [0.1, 0.15) is 17.5 Å². The summed E-state index contributed by atoms with van der Waals surface area (Å²) in [5, 5.41) is 21.0. The SMILES string of the molecule is N=CCC(=N)c1csc2c(NCC(N)Cc3ccccc3)nc(-c3ccncc3)nc12. The van der Waals surface area contributed by atoms with Crippen molar-refractivity contribution in [1.29, 1.82) is 10.8 Å². The van der Waals surface area contributed by atoms with Crippen LogP contribution >= 0.6 is 11.3 Å². The van der Waals surface area contributed by atoms with Gasteiger partial charge in [-0.1, -0.05) is 30.3 Å². The van der Waals surface area contributed by atoms with E-state index in [1.165, 1.54) is 23.1 Å². The largest absolute Gasteiger partial charge is 0.367 e. The molecule has 3 heterocycles. The molecule has 3 aromatic heterocycles. The van der Waals surface area contributed by atoms with Crippen molar-refractivity contribution in [2.24, 2.45) is 5.73 Å². The molecule has 7 nitrogen and oxygen atoms in total. The van der Waals surface area contributed by atoms with Crippen LogP contribution in [-0.4, -0.2) is 39.5 Å². The topological polar surface area (TPSA) is 124 Å². The number of anilines is 1. The highest BCUT2D eigenvalue weighted by Crippen LogP contribution is 2.32. The molecular formula is C23H23N7S. The first-order valence-corrected chi connectivity index (χ1v) is 10.8. The second kappa shape index (κ2) is 9.55. The van der Waals surface area contributed by atoms with Crippen LogP contribution in [0.15, 0.2) is 60.2 Å². The van der Waals surface area contributed by atoms with Gasteiger partial charge in [0.15, 0.2) is 5.82 Å². The standard InChI is InChI=1S/C23H23N7S/c24-9-6-19(26)18-14-31-21-20(18)29-22(16-7-10-27-11-8-16)30-23(21)28-13-17(25)12-15-4-2-1-3-5-15/h1-5,7-11,14,17,24,26H,6,12-13,25H2,(H,28,29,30). The van der Waals surface area contributed by atoms with Gasteiger partial charge in [0.2, 0.25) is 0 Å². The molecule has 0 aliphatic carbocycles. The first-order chi connectivity index (χ1) is 15.2. The molecule has 5 N–H and O–H groups in total. The number of nitrogens with zero attached hydrogens (tertiary/aromatic N) is 3. The van der Waals surface area contributed by atoms with Crippen LogP contribution in [-0.2, 0) is 6.42 Å². The highest BCUT2D eigenvalue weighted by molar-refractivity contribution is 7.18. The van der Waals surface area contributed by atoms with Gasteiger partial charge in [-0.25, -0.2) is 9.97 Å². The second-order valence-electron chi connectivity index (χ2n) is 7.18. The number of pyridine rings is 1. The van der Waals surface area contributed by atoms with Crippen LogP contribution in [0.2, 0.25) is 0 Å². The molecule has 156 valence electrons. The van der Waals surface area contributed by atoms with Crippen molar-refractivity contribution >= 4 is 39.3 Å². The van der Waals surface area contributed by atoms with E-state index in [0.717, 1.165) is 27.8 Å². The maximum absolute atomic E-state index is 8.31. The normalized spacial score (nSPS) is 11.9. The summed E-state index contributed by atoms with van der Waals surface area (Å²) in [6, 6.07) is 13.8. The summed E-state index contributed by atoms with van der Waals surface area (Å²) in [4.78, 5) is 13.6. The van der Waals surface area contributed by atoms with E-state index in [1.807, 2.05) is 35.7 Å². The summed E-state index contributed by atoms with van der Waals surface area (Å²) in [5.74, 6) is 1.27. The molecule has 0 radical (unpaired) electrons. The van der Waals surface area contributed by atoms with Gasteiger partial charge in [-0.2, -0.15) is 0 Å². The maximum atomic E-state index is 8.31. The Bertz CT molecular complexity index is 1190. The molecule has 0 saturated carbocycles. The smallest absolute Gasteiger partial charge is 0.162 e. The van der Waals surface area contributed by atoms with E-state index in [9.17, 15) is 0 Å². The highest BCUT2D eigenvalue weighted by Gasteiger charge is 2.17. The van der Waals surface area contributed by atoms with Gasteiger partial charge < -0.3 is 21.9 Å². The van der Waals surface area contributed by atoms with Gasteiger partial charge in [0.05, 0.1) is 10.2 Å². The third-order valence-electron chi connectivity index (χ3n) is 4.86. The van der Waals surface area contributed by atoms with Crippen LogP contribution in [0, 0.1) is 10.8 Å². The Morgan fingerprint density at radius 1 is 1.13 bits per heavy atom. The van der Waals surface area contributed by atoms with Crippen molar-refractivity contribution in [3.8, 4) is 11.4 Å². The van der Waals surface area contributed by atoms with E-state index in [2.05, 4.69) is 22.4 Å². The molecular weight excluding hydrogens is 406 g/mol. The summed E-state index contributed by atoms with van der Waals surface area (Å²) in [5.41, 5.74) is 10.2. The lowest BCUT2D eigenvalue weighted by Crippen LogP contribution is -2.31. The first kappa shape index (κ1) is 20.8. The summed E-state index contributed by atoms with van der Waals surface area (Å²) < 4.78 is 0.884. The zero-order valence-electron chi connectivity index (χ0n) is 16.9. The van der Waals surface area contributed by atoms with Crippen LogP contribution < -0.4 is 11.1 Å². The molecule has 0 amide bonds. The average Bonchev–Trinajstić information content (AvgIpc) is 3.23. The zero-order valence-corrected chi connectivity index (χ0v) is 17.7. The van der Waals surface area contributed by atoms with Crippen molar-refractivity contribution in [3.05, 3.63) is 71.4 Å². The predicted octanol–water partition coefficient (Wildman–Crippen LogP) is 4.14. The number of aromatic nitrogens is 3. The Hall–Kier alpha value is -3.49. The summed E-state index contributed by atoms with van der Waals surface area (Å²) in [7, 11) is 0. The molecule has 4 aromatic rings. The number of thiophene rings is 1. The summed E-state index contributed by atoms with van der Waals surface area (Å²) in [6.45, 7) is 0.558. The Morgan fingerprint density at radius 2 is 1.90 bits per heavy atom. The van der Waals surface area contributed by atoms with Gasteiger partial charge in [-0.05, 0) is 24.1 Å². The molecule has 0 saturated heterocycles. The second-order valence-corrected chi connectivity index (χ2v) is 8.06. The number of benzene rings is 1. The lowest BCUT2D eigenvalue weighted by atomic mass is 10.1. The lowest BCUT2D eigenvalue weighted by Gasteiger charge is -2.14. The molecule has 1 unspecified atom stereocenters. The number of hydrogen-bond donors (Lipinski definition) is 4. The first-order valence-electron chi connectivity index (χ1n) is 9.95. The number of nitrogens with one attached hydrogen (secondary N) is 3. The average molecular weight is 430 g/mol. The van der Waals surface area contributed by atoms with Crippen LogP contribution in [0.5, 0.6) is 0 Å². The zero-order chi connectivity index (χ0) is 21.6. The minimum absolute atomic E-state index is 0.0764. The highest BCUT2D eigenvalue weighted by atomic mass is 32.1. The van der Waals surface area contributed by atoms with Crippen molar-refractivity contribution in [1.82, 2.24) is 15.0 Å². The minimum Gasteiger partial charge on any atom is -0.367 e. The third-order valence-corrected chi connectivity index (χ3v) is 5.83. The molecule has 0 aliphatic heterocycles. The van der Waals surface area contributed by atoms with Gasteiger partial charge in [0.1, 0.15) is 5.82 Å². The summed E-state index contributed by atoms with van der Waals surface area (Å²) >= 11 is 1.50. The predicted molar refractivity (Wildman–Crippen MR) is 127 cm³/mol. The molecule has 0 aliphatic rings. The number of nitrogens with two attached hydrogens (primary N) is 1. The van der Waals surface area contributed by atoms with Crippen LogP contribution in [0.4, 0.5) is 5.82 Å². The Balaban J connectivity index is 1.66. The quantitative estimate of drug-likeness (QED) is 0.298. The third kappa shape index (κ3) is 4.82. The molecule has 0 fully saturated rings. The fraction of sp³-hybridized carbons (Fsp3) is 0.174. The van der Waals surface area contributed by atoms with Crippen LogP contribution in [0.25, 0.3) is 21.6 Å². The minimum atomic E-state index is -0.0764. The van der Waals surface area contributed by atoms with Gasteiger partial charge in [0, 0.05) is 59.8 Å². The molecule has 0 spiro atoms. The van der Waals surface area contributed by atoms with Gasteiger partial charge >= 0.3 is 0 Å². The van der Waals surface area contributed by atoms with E-state index < -0.39 is 0 Å². The maximum Gasteiger partial charge on any atom is 0.162 e. The van der Waals surface area contributed by atoms with Gasteiger partial charge in [-0.15, -0.1) is 11.3 Å². The van der Waals surface area contributed by atoms with E-state index in [1.54, 1.807) is 12.4 Å². The molecule has 0 bridgehead atoms. The van der Waals surface area contributed by atoms with Crippen molar-refractivity contribution in [2.75, 3.05) is 11.9 Å². The lowest BCUT2D eigenvalue weighted by molar-refractivity contribution is 0.698. The fourth-order valence-corrected chi connectivity index (χ4v) is 4.30.